The van der Waals surface area contributed by atoms with Crippen molar-refractivity contribution in [3.8, 4) is 0 Å². The third-order valence-corrected chi connectivity index (χ3v) is 4.07. The Morgan fingerprint density at radius 3 is 2.39 bits per heavy atom. The van der Waals surface area contributed by atoms with Crippen LogP contribution in [0.4, 0.5) is 4.79 Å². The summed E-state index contributed by atoms with van der Waals surface area (Å²) >= 11 is 0. The van der Waals surface area contributed by atoms with Crippen molar-refractivity contribution < 1.29 is 14.3 Å². The first kappa shape index (κ1) is 27.2. The van der Waals surface area contributed by atoms with E-state index in [1.807, 2.05) is 20.8 Å². The number of methoxy groups -OCH3 is 1. The SMILES string of the molecule is CCNC(=NCCCN1CCN(C(=O)OC(C)(C)C)CC1)NC(C)COC.I. The van der Waals surface area contributed by atoms with E-state index in [4.69, 9.17) is 9.47 Å². The van der Waals surface area contributed by atoms with Gasteiger partial charge in [-0.25, -0.2) is 4.79 Å². The standard InChI is InChI=1S/C19H39N5O3.HI/c1-7-20-17(22-16(2)15-26-6)21-9-8-10-23-11-13-24(14-12-23)18(25)27-19(3,4)5;/h16H,7-15H2,1-6H3,(H2,20,21,22);1H. The summed E-state index contributed by atoms with van der Waals surface area (Å²) in [4.78, 5) is 20.9. The molecule has 0 aromatic rings. The zero-order chi connectivity index (χ0) is 20.3. The lowest BCUT2D eigenvalue weighted by Crippen LogP contribution is -2.50. The second-order valence-electron chi connectivity index (χ2n) is 7.92. The summed E-state index contributed by atoms with van der Waals surface area (Å²) in [5.41, 5.74) is -0.439. The normalized spacial score (nSPS) is 16.9. The molecule has 1 fully saturated rings. The molecule has 2 N–H and O–H groups in total. The molecule has 1 aliphatic rings. The van der Waals surface area contributed by atoms with E-state index < -0.39 is 5.60 Å². The minimum Gasteiger partial charge on any atom is -0.444 e. The average Bonchev–Trinajstić information content (AvgIpc) is 2.58. The second kappa shape index (κ2) is 14.2. The Labute approximate surface area is 187 Å². The third kappa shape index (κ3) is 11.9. The van der Waals surface area contributed by atoms with E-state index in [0.717, 1.165) is 58.2 Å². The van der Waals surface area contributed by atoms with Crippen molar-refractivity contribution in [3.05, 3.63) is 0 Å². The lowest BCUT2D eigenvalue weighted by molar-refractivity contribution is 0.0145. The highest BCUT2D eigenvalue weighted by Crippen LogP contribution is 2.12. The minimum absolute atomic E-state index is 0. The molecule has 1 amide bonds. The van der Waals surface area contributed by atoms with Crippen LogP contribution in [0.5, 0.6) is 0 Å². The molecule has 1 atom stereocenters. The lowest BCUT2D eigenvalue weighted by Gasteiger charge is -2.35. The Bertz CT molecular complexity index is 463. The molecule has 0 radical (unpaired) electrons. The first-order valence-corrected chi connectivity index (χ1v) is 9.99. The van der Waals surface area contributed by atoms with E-state index in [1.54, 1.807) is 12.0 Å². The Kier molecular flexibility index (Phi) is 13.8. The molecule has 8 nitrogen and oxygen atoms in total. The summed E-state index contributed by atoms with van der Waals surface area (Å²) in [7, 11) is 1.70. The number of hydrogen-bond donors (Lipinski definition) is 2. The predicted octanol–water partition coefficient (Wildman–Crippen LogP) is 2.14. The smallest absolute Gasteiger partial charge is 0.410 e. The lowest BCUT2D eigenvalue weighted by atomic mass is 10.2. The summed E-state index contributed by atoms with van der Waals surface area (Å²) in [5, 5.41) is 6.60. The zero-order valence-electron chi connectivity index (χ0n) is 18.4. The van der Waals surface area contributed by atoms with Crippen LogP contribution in [0.15, 0.2) is 4.99 Å². The predicted molar refractivity (Wildman–Crippen MR) is 125 cm³/mol. The van der Waals surface area contributed by atoms with Crippen molar-refractivity contribution in [2.24, 2.45) is 4.99 Å². The fourth-order valence-corrected chi connectivity index (χ4v) is 2.81. The number of halogens is 1. The molecule has 0 aromatic heterocycles. The monoisotopic (exact) mass is 513 g/mol. The van der Waals surface area contributed by atoms with E-state index >= 15 is 0 Å². The zero-order valence-corrected chi connectivity index (χ0v) is 20.7. The third-order valence-electron chi connectivity index (χ3n) is 4.07. The van der Waals surface area contributed by atoms with Gasteiger partial charge in [-0.3, -0.25) is 9.89 Å². The van der Waals surface area contributed by atoms with Crippen LogP contribution in [0.3, 0.4) is 0 Å². The van der Waals surface area contributed by atoms with Crippen molar-refractivity contribution in [2.45, 2.75) is 52.7 Å². The highest BCUT2D eigenvalue weighted by Gasteiger charge is 2.25. The summed E-state index contributed by atoms with van der Waals surface area (Å²) in [5.74, 6) is 0.830. The number of carbonyl (C=O) groups excluding carboxylic acids is 1. The molecular weight excluding hydrogens is 473 g/mol. The number of amides is 1. The molecule has 166 valence electrons. The van der Waals surface area contributed by atoms with E-state index in [1.165, 1.54) is 0 Å². The van der Waals surface area contributed by atoms with Gasteiger partial charge in [0.25, 0.3) is 0 Å². The van der Waals surface area contributed by atoms with Crippen LogP contribution in [0.1, 0.15) is 41.0 Å². The largest absolute Gasteiger partial charge is 0.444 e. The van der Waals surface area contributed by atoms with E-state index in [9.17, 15) is 4.79 Å². The fourth-order valence-electron chi connectivity index (χ4n) is 2.81. The highest BCUT2D eigenvalue weighted by molar-refractivity contribution is 14.0. The molecule has 1 unspecified atom stereocenters. The molecule has 0 spiro atoms. The van der Waals surface area contributed by atoms with Gasteiger partial charge in [-0.1, -0.05) is 0 Å². The Hall–Kier alpha value is -0.810. The van der Waals surface area contributed by atoms with Crippen molar-refractivity contribution in [2.75, 3.05) is 59.5 Å². The molecule has 0 saturated carbocycles. The number of carbonyl (C=O) groups is 1. The van der Waals surface area contributed by atoms with Crippen molar-refractivity contribution in [1.29, 1.82) is 0 Å². The van der Waals surface area contributed by atoms with Crippen LogP contribution >= 0.6 is 24.0 Å². The molecular formula is C19H40IN5O3. The average molecular weight is 513 g/mol. The summed E-state index contributed by atoms with van der Waals surface area (Å²) in [6.07, 6.45) is 0.778. The first-order valence-electron chi connectivity index (χ1n) is 9.99. The summed E-state index contributed by atoms with van der Waals surface area (Å²) in [6, 6.07) is 0.216. The Morgan fingerprint density at radius 2 is 1.86 bits per heavy atom. The highest BCUT2D eigenvalue weighted by atomic mass is 127. The molecule has 1 saturated heterocycles. The number of nitrogens with zero attached hydrogens (tertiary/aromatic N) is 3. The number of rotatable bonds is 8. The Balaban J connectivity index is 0.00000729. The molecule has 0 aliphatic carbocycles. The maximum Gasteiger partial charge on any atom is 0.410 e. The quantitative estimate of drug-likeness (QED) is 0.224. The van der Waals surface area contributed by atoms with Crippen molar-refractivity contribution in [1.82, 2.24) is 20.4 Å². The molecule has 0 aromatic carbocycles. The number of aliphatic imine (C=N–C) groups is 1. The molecule has 0 bridgehead atoms. The van der Waals surface area contributed by atoms with Gasteiger partial charge in [-0.15, -0.1) is 24.0 Å². The molecule has 1 rings (SSSR count). The number of ether oxygens (including phenoxy) is 2. The Morgan fingerprint density at radius 1 is 1.21 bits per heavy atom. The maximum atomic E-state index is 12.1. The first-order chi connectivity index (χ1) is 12.7. The van der Waals surface area contributed by atoms with Gasteiger partial charge in [0.1, 0.15) is 5.60 Å². The van der Waals surface area contributed by atoms with Crippen LogP contribution in [-0.2, 0) is 9.47 Å². The molecule has 9 heteroatoms. The van der Waals surface area contributed by atoms with Gasteiger partial charge in [0.2, 0.25) is 0 Å². The van der Waals surface area contributed by atoms with E-state index in [2.05, 4.69) is 34.4 Å². The molecule has 1 heterocycles. The summed E-state index contributed by atoms with van der Waals surface area (Å²) < 4.78 is 10.6. The van der Waals surface area contributed by atoms with Crippen molar-refractivity contribution >= 4 is 36.0 Å². The second-order valence-corrected chi connectivity index (χ2v) is 7.92. The topological polar surface area (TPSA) is 78.4 Å². The number of piperazine rings is 1. The van der Waals surface area contributed by atoms with Gasteiger partial charge in [0, 0.05) is 59.0 Å². The van der Waals surface area contributed by atoms with E-state index in [0.29, 0.717) is 6.61 Å². The van der Waals surface area contributed by atoms with Crippen LogP contribution in [0.25, 0.3) is 0 Å². The van der Waals surface area contributed by atoms with Gasteiger partial charge in [0.05, 0.1) is 6.61 Å². The van der Waals surface area contributed by atoms with Gasteiger partial charge in [0.15, 0.2) is 5.96 Å². The van der Waals surface area contributed by atoms with Crippen LogP contribution in [0, 0.1) is 0 Å². The van der Waals surface area contributed by atoms with Crippen LogP contribution in [-0.4, -0.2) is 93.0 Å². The van der Waals surface area contributed by atoms with Gasteiger partial charge >= 0.3 is 6.09 Å². The molecule has 1 aliphatic heterocycles. The van der Waals surface area contributed by atoms with E-state index in [-0.39, 0.29) is 36.1 Å². The van der Waals surface area contributed by atoms with Crippen LogP contribution < -0.4 is 10.6 Å². The van der Waals surface area contributed by atoms with Gasteiger partial charge in [-0.2, -0.15) is 0 Å². The number of nitrogens with one attached hydrogen (secondary N) is 2. The van der Waals surface area contributed by atoms with Gasteiger partial charge in [-0.05, 0) is 41.0 Å². The number of guanidine groups is 1. The minimum atomic E-state index is -0.439. The van der Waals surface area contributed by atoms with Crippen molar-refractivity contribution in [3.63, 3.8) is 0 Å². The van der Waals surface area contributed by atoms with Crippen LogP contribution in [0.2, 0.25) is 0 Å². The molecule has 28 heavy (non-hydrogen) atoms. The summed E-state index contributed by atoms with van der Waals surface area (Å²) in [6.45, 7) is 16.2. The van der Waals surface area contributed by atoms with Gasteiger partial charge < -0.3 is 25.0 Å². The fraction of sp³-hybridized carbons (Fsp3) is 0.895. The maximum absolute atomic E-state index is 12.1. The number of hydrogen-bond acceptors (Lipinski definition) is 5.